The van der Waals surface area contributed by atoms with Crippen LogP contribution >= 0.6 is 0 Å². The van der Waals surface area contributed by atoms with Crippen LogP contribution in [0.1, 0.15) is 46.0 Å². The molecule has 1 aliphatic heterocycles. The van der Waals surface area contributed by atoms with Crippen molar-refractivity contribution in [1.29, 1.82) is 0 Å². The van der Waals surface area contributed by atoms with E-state index in [1.54, 1.807) is 4.90 Å². The summed E-state index contributed by atoms with van der Waals surface area (Å²) < 4.78 is 0. The van der Waals surface area contributed by atoms with Crippen LogP contribution in [0.15, 0.2) is 0 Å². The van der Waals surface area contributed by atoms with Gasteiger partial charge in [-0.15, -0.1) is 0 Å². The Morgan fingerprint density at radius 1 is 1.26 bits per heavy atom. The summed E-state index contributed by atoms with van der Waals surface area (Å²) in [7, 11) is 0. The zero-order valence-corrected chi connectivity index (χ0v) is 11.9. The van der Waals surface area contributed by atoms with E-state index in [2.05, 4.69) is 5.43 Å². The van der Waals surface area contributed by atoms with E-state index in [-0.39, 0.29) is 18.5 Å². The highest BCUT2D eigenvalue weighted by Gasteiger charge is 2.20. The first-order valence-electron chi connectivity index (χ1n) is 7.04. The number of hydrogen-bond donors (Lipinski definition) is 2. The van der Waals surface area contributed by atoms with Gasteiger partial charge in [0.25, 0.3) is 0 Å². The molecule has 1 saturated heterocycles. The summed E-state index contributed by atoms with van der Waals surface area (Å²) in [5.74, 6) is -0.819. The van der Waals surface area contributed by atoms with E-state index in [1.165, 1.54) is 6.42 Å². The summed E-state index contributed by atoms with van der Waals surface area (Å²) in [5.41, 5.74) is 2.91. The van der Waals surface area contributed by atoms with E-state index in [0.717, 1.165) is 25.9 Å². The molecule has 2 amide bonds. The number of aliphatic carboxylic acids is 1. The Balaban J connectivity index is 2.40. The molecule has 0 radical (unpaired) electrons. The summed E-state index contributed by atoms with van der Waals surface area (Å²) in [6.45, 7) is 6.15. The minimum Gasteiger partial charge on any atom is -0.481 e. The molecule has 0 saturated carbocycles. The summed E-state index contributed by atoms with van der Waals surface area (Å²) in [4.78, 5) is 24.4. The van der Waals surface area contributed by atoms with E-state index in [4.69, 9.17) is 5.11 Å². The lowest BCUT2D eigenvalue weighted by Gasteiger charge is -2.32. The number of urea groups is 1. The van der Waals surface area contributed by atoms with Crippen molar-refractivity contribution in [1.82, 2.24) is 15.3 Å². The first-order chi connectivity index (χ1) is 9.00. The Labute approximate surface area is 114 Å². The van der Waals surface area contributed by atoms with Gasteiger partial charge < -0.3 is 10.0 Å². The Kier molecular flexibility index (Phi) is 6.62. The van der Waals surface area contributed by atoms with Gasteiger partial charge in [-0.3, -0.25) is 10.2 Å². The van der Waals surface area contributed by atoms with Gasteiger partial charge in [0.15, 0.2) is 0 Å². The predicted octanol–water partition coefficient (Wildman–Crippen LogP) is 1.67. The summed E-state index contributed by atoms with van der Waals surface area (Å²) in [6.07, 6.45) is 4.03. The molecule has 0 unspecified atom stereocenters. The van der Waals surface area contributed by atoms with Crippen LogP contribution in [0.5, 0.6) is 0 Å². The molecule has 1 rings (SSSR count). The monoisotopic (exact) mass is 271 g/mol. The molecule has 0 spiro atoms. The van der Waals surface area contributed by atoms with Gasteiger partial charge in [-0.1, -0.05) is 6.42 Å². The largest absolute Gasteiger partial charge is 0.481 e. The van der Waals surface area contributed by atoms with E-state index in [1.807, 2.05) is 18.9 Å². The minimum atomic E-state index is -0.819. The number of amides is 2. The number of hydrazine groups is 1. The van der Waals surface area contributed by atoms with Gasteiger partial charge in [0.1, 0.15) is 0 Å². The fraction of sp³-hybridized carbons (Fsp3) is 0.846. The molecule has 110 valence electrons. The van der Waals surface area contributed by atoms with Crippen LogP contribution in [0.3, 0.4) is 0 Å². The molecule has 6 nitrogen and oxygen atoms in total. The maximum atomic E-state index is 12.2. The number of carbonyl (C=O) groups excluding carboxylic acids is 1. The standard InChI is InChI=1S/C13H25N3O3/c1-11(2)16(10-6-7-12(17)18)13(19)14-15-8-4-3-5-9-15/h11H,3-10H2,1-2H3,(H,14,19)(H,17,18). The number of piperidine rings is 1. The molecule has 0 aromatic carbocycles. The Bertz CT molecular complexity index is 302. The molecule has 0 bridgehead atoms. The second kappa shape index (κ2) is 7.99. The van der Waals surface area contributed by atoms with Crippen LogP contribution in [-0.2, 0) is 4.79 Å². The predicted molar refractivity (Wildman–Crippen MR) is 72.7 cm³/mol. The summed E-state index contributed by atoms with van der Waals surface area (Å²) >= 11 is 0. The van der Waals surface area contributed by atoms with Crippen molar-refractivity contribution >= 4 is 12.0 Å². The number of nitrogens with one attached hydrogen (secondary N) is 1. The molecule has 19 heavy (non-hydrogen) atoms. The van der Waals surface area contributed by atoms with Crippen molar-refractivity contribution in [2.45, 2.75) is 52.0 Å². The summed E-state index contributed by atoms with van der Waals surface area (Å²) in [6, 6.07) is -0.0547. The van der Waals surface area contributed by atoms with Gasteiger partial charge in [-0.05, 0) is 33.1 Å². The lowest BCUT2D eigenvalue weighted by atomic mass is 10.2. The second-order valence-corrected chi connectivity index (χ2v) is 5.25. The number of hydrogen-bond acceptors (Lipinski definition) is 3. The van der Waals surface area contributed by atoms with Crippen molar-refractivity contribution in [2.24, 2.45) is 0 Å². The highest BCUT2D eigenvalue weighted by atomic mass is 16.4. The van der Waals surface area contributed by atoms with Crippen LogP contribution < -0.4 is 5.43 Å². The van der Waals surface area contributed by atoms with E-state index >= 15 is 0 Å². The molecule has 2 N–H and O–H groups in total. The van der Waals surface area contributed by atoms with Crippen molar-refractivity contribution in [3.8, 4) is 0 Å². The topological polar surface area (TPSA) is 72.9 Å². The van der Waals surface area contributed by atoms with Gasteiger partial charge in [-0.25, -0.2) is 9.80 Å². The molecule has 0 aromatic heterocycles. The number of rotatable bonds is 6. The second-order valence-electron chi connectivity index (χ2n) is 5.25. The van der Waals surface area contributed by atoms with E-state index < -0.39 is 5.97 Å². The Hall–Kier alpha value is -1.30. The van der Waals surface area contributed by atoms with Crippen LogP contribution in [0.25, 0.3) is 0 Å². The third-order valence-corrected chi connectivity index (χ3v) is 3.28. The Morgan fingerprint density at radius 2 is 1.89 bits per heavy atom. The Morgan fingerprint density at radius 3 is 2.42 bits per heavy atom. The molecular weight excluding hydrogens is 246 g/mol. The SMILES string of the molecule is CC(C)N(CCCC(=O)O)C(=O)NN1CCCCC1. The van der Waals surface area contributed by atoms with Gasteiger partial charge >= 0.3 is 12.0 Å². The van der Waals surface area contributed by atoms with E-state index in [0.29, 0.717) is 13.0 Å². The van der Waals surface area contributed by atoms with E-state index in [9.17, 15) is 9.59 Å². The molecule has 1 aliphatic rings. The van der Waals surface area contributed by atoms with Crippen molar-refractivity contribution in [3.05, 3.63) is 0 Å². The van der Waals surface area contributed by atoms with Crippen LogP contribution in [0, 0.1) is 0 Å². The van der Waals surface area contributed by atoms with Crippen LogP contribution in [0.4, 0.5) is 4.79 Å². The van der Waals surface area contributed by atoms with Gasteiger partial charge in [-0.2, -0.15) is 0 Å². The van der Waals surface area contributed by atoms with Crippen molar-refractivity contribution in [2.75, 3.05) is 19.6 Å². The van der Waals surface area contributed by atoms with Crippen LogP contribution in [0.2, 0.25) is 0 Å². The maximum Gasteiger partial charge on any atom is 0.332 e. The number of nitrogens with zero attached hydrogens (tertiary/aromatic N) is 2. The average molecular weight is 271 g/mol. The molecule has 0 atom stereocenters. The first kappa shape index (κ1) is 15.8. The lowest BCUT2D eigenvalue weighted by Crippen LogP contribution is -2.52. The third-order valence-electron chi connectivity index (χ3n) is 3.28. The van der Waals surface area contributed by atoms with Crippen molar-refractivity contribution < 1.29 is 14.7 Å². The minimum absolute atomic E-state index is 0.0681. The average Bonchev–Trinajstić information content (AvgIpc) is 2.35. The smallest absolute Gasteiger partial charge is 0.332 e. The zero-order valence-electron chi connectivity index (χ0n) is 11.9. The highest BCUT2D eigenvalue weighted by Crippen LogP contribution is 2.08. The first-order valence-corrected chi connectivity index (χ1v) is 7.04. The lowest BCUT2D eigenvalue weighted by molar-refractivity contribution is -0.137. The van der Waals surface area contributed by atoms with Gasteiger partial charge in [0.05, 0.1) is 0 Å². The highest BCUT2D eigenvalue weighted by molar-refractivity contribution is 5.74. The van der Waals surface area contributed by atoms with Crippen LogP contribution in [-0.4, -0.2) is 52.7 Å². The molecule has 6 heteroatoms. The molecule has 1 heterocycles. The normalized spacial score (nSPS) is 16.4. The molecule has 1 fully saturated rings. The molecular formula is C13H25N3O3. The summed E-state index contributed by atoms with van der Waals surface area (Å²) in [5, 5.41) is 10.6. The van der Waals surface area contributed by atoms with Gasteiger partial charge in [0, 0.05) is 32.1 Å². The maximum absolute atomic E-state index is 12.2. The third kappa shape index (κ3) is 5.92. The fourth-order valence-electron chi connectivity index (χ4n) is 2.20. The van der Waals surface area contributed by atoms with Gasteiger partial charge in [0.2, 0.25) is 0 Å². The fourth-order valence-corrected chi connectivity index (χ4v) is 2.20. The number of carbonyl (C=O) groups is 2. The van der Waals surface area contributed by atoms with Crippen molar-refractivity contribution in [3.63, 3.8) is 0 Å². The molecule has 0 aromatic rings. The number of carboxylic acid groups (broad SMARTS) is 1. The zero-order chi connectivity index (χ0) is 14.3. The molecule has 0 aliphatic carbocycles. The quantitative estimate of drug-likeness (QED) is 0.771. The number of carboxylic acids is 1.